The molecule has 0 aliphatic heterocycles. The molecular weight excluding hydrogens is 471 g/mol. The van der Waals surface area contributed by atoms with Crippen LogP contribution in [0, 0.1) is 5.92 Å². The van der Waals surface area contributed by atoms with E-state index in [-0.39, 0.29) is 38.5 Å². The molecule has 1 aliphatic rings. The van der Waals surface area contributed by atoms with Gasteiger partial charge in [0.05, 0.1) is 15.6 Å². The maximum atomic E-state index is 12.6. The van der Waals surface area contributed by atoms with E-state index in [4.69, 9.17) is 33.0 Å². The van der Waals surface area contributed by atoms with Crippen LogP contribution in [0.5, 0.6) is 17.2 Å². The zero-order chi connectivity index (χ0) is 24.0. The number of ether oxygens (including phenoxy) is 1. The van der Waals surface area contributed by atoms with Crippen molar-refractivity contribution in [3.05, 3.63) is 45.9 Å². The van der Waals surface area contributed by atoms with Crippen LogP contribution in [0.25, 0.3) is 0 Å². The number of anilines is 1. The number of hydrogen-bond donors (Lipinski definition) is 4. The molecule has 0 spiro atoms. The third-order valence-corrected chi connectivity index (χ3v) is 5.86. The van der Waals surface area contributed by atoms with Crippen LogP contribution < -0.4 is 15.4 Å². The van der Waals surface area contributed by atoms with Gasteiger partial charge in [-0.2, -0.15) is 0 Å². The van der Waals surface area contributed by atoms with Gasteiger partial charge in [0.1, 0.15) is 17.9 Å². The fourth-order valence-corrected chi connectivity index (χ4v) is 4.24. The summed E-state index contributed by atoms with van der Waals surface area (Å²) in [5.74, 6) is -1.84. The molecule has 1 saturated carbocycles. The minimum absolute atomic E-state index is 0.0597. The molecule has 10 heteroatoms. The number of rotatable bonds is 8. The van der Waals surface area contributed by atoms with Crippen molar-refractivity contribution in [1.29, 1.82) is 0 Å². The van der Waals surface area contributed by atoms with Crippen LogP contribution in [0.15, 0.2) is 30.3 Å². The molecule has 1 fully saturated rings. The summed E-state index contributed by atoms with van der Waals surface area (Å²) in [5.41, 5.74) is 0.269. The number of carbonyl (C=O) groups excluding carboxylic acids is 2. The molecule has 0 saturated heterocycles. The normalized spacial score (nSPS) is 13.9. The first-order chi connectivity index (χ1) is 15.7. The van der Waals surface area contributed by atoms with E-state index in [1.807, 2.05) is 0 Å². The number of amides is 2. The van der Waals surface area contributed by atoms with Crippen LogP contribution in [0.3, 0.4) is 0 Å². The maximum Gasteiger partial charge on any atom is 0.312 e. The number of carboxylic acids is 1. The number of hydrogen-bond acceptors (Lipinski definition) is 5. The standard InChI is InChI=1S/C23H24Cl2N2O6/c24-17-8-14(27-20(29)11-21(30)31)9-18(25)22(17)33-15-6-7-19(28)16(10-15)23(32)26-12-13-4-2-1-3-5-13/h6-10,13,28H,1-5,11-12H2,(H,26,32)(H,27,29)(H,30,31). The molecule has 0 atom stereocenters. The molecule has 176 valence electrons. The van der Waals surface area contributed by atoms with Gasteiger partial charge in [-0.15, -0.1) is 0 Å². The van der Waals surface area contributed by atoms with Crippen molar-refractivity contribution in [3.63, 3.8) is 0 Å². The molecule has 4 N–H and O–H groups in total. The molecule has 2 aromatic rings. The number of carboxylic acid groups (broad SMARTS) is 1. The average molecular weight is 495 g/mol. The van der Waals surface area contributed by atoms with Crippen LogP contribution >= 0.6 is 23.2 Å². The minimum atomic E-state index is -1.27. The third-order valence-electron chi connectivity index (χ3n) is 5.30. The number of carbonyl (C=O) groups is 3. The van der Waals surface area contributed by atoms with E-state index < -0.39 is 24.2 Å². The first-order valence-electron chi connectivity index (χ1n) is 10.5. The van der Waals surface area contributed by atoms with Gasteiger partial charge >= 0.3 is 5.97 Å². The zero-order valence-corrected chi connectivity index (χ0v) is 19.2. The Morgan fingerprint density at radius 2 is 1.70 bits per heavy atom. The Labute approximate surface area is 200 Å². The maximum absolute atomic E-state index is 12.6. The van der Waals surface area contributed by atoms with Crippen LogP contribution in [0.4, 0.5) is 5.69 Å². The van der Waals surface area contributed by atoms with Crippen LogP contribution in [-0.2, 0) is 9.59 Å². The summed E-state index contributed by atoms with van der Waals surface area (Å²) in [6, 6.07) is 6.91. The highest BCUT2D eigenvalue weighted by Crippen LogP contribution is 2.39. The monoisotopic (exact) mass is 494 g/mol. The number of nitrogens with one attached hydrogen (secondary N) is 2. The van der Waals surface area contributed by atoms with Gasteiger partial charge in [-0.3, -0.25) is 14.4 Å². The van der Waals surface area contributed by atoms with Crippen molar-refractivity contribution in [2.24, 2.45) is 5.92 Å². The number of benzene rings is 2. The predicted octanol–water partition coefficient (Wildman–Crippen LogP) is 5.21. The smallest absolute Gasteiger partial charge is 0.312 e. The molecular formula is C23H24Cl2N2O6. The number of aliphatic carboxylic acids is 1. The molecule has 1 aliphatic carbocycles. The largest absolute Gasteiger partial charge is 0.507 e. The van der Waals surface area contributed by atoms with Gasteiger partial charge in [-0.05, 0) is 49.1 Å². The van der Waals surface area contributed by atoms with E-state index >= 15 is 0 Å². The van der Waals surface area contributed by atoms with Crippen molar-refractivity contribution < 1.29 is 29.3 Å². The van der Waals surface area contributed by atoms with Crippen molar-refractivity contribution in [2.45, 2.75) is 38.5 Å². The van der Waals surface area contributed by atoms with Gasteiger partial charge in [0.15, 0.2) is 5.75 Å². The Morgan fingerprint density at radius 3 is 2.33 bits per heavy atom. The summed E-state index contributed by atoms with van der Waals surface area (Å²) in [6.07, 6.45) is 5.02. The highest BCUT2D eigenvalue weighted by atomic mass is 35.5. The SMILES string of the molecule is O=C(O)CC(=O)Nc1cc(Cl)c(Oc2ccc(O)c(C(=O)NCC3CCCCC3)c2)c(Cl)c1. The van der Waals surface area contributed by atoms with E-state index in [1.54, 1.807) is 0 Å². The van der Waals surface area contributed by atoms with Gasteiger partial charge < -0.3 is 25.6 Å². The number of phenols is 1. The average Bonchev–Trinajstić information content (AvgIpc) is 2.75. The van der Waals surface area contributed by atoms with E-state index in [0.29, 0.717) is 12.5 Å². The first kappa shape index (κ1) is 24.7. The molecule has 8 nitrogen and oxygen atoms in total. The van der Waals surface area contributed by atoms with E-state index in [9.17, 15) is 19.5 Å². The molecule has 0 radical (unpaired) electrons. The Hall–Kier alpha value is -2.97. The third kappa shape index (κ3) is 7.00. The summed E-state index contributed by atoms with van der Waals surface area (Å²) in [4.78, 5) is 34.9. The van der Waals surface area contributed by atoms with E-state index in [2.05, 4.69) is 10.6 Å². The lowest BCUT2D eigenvalue weighted by atomic mass is 9.89. The van der Waals surface area contributed by atoms with Crippen molar-refractivity contribution in [1.82, 2.24) is 5.32 Å². The lowest BCUT2D eigenvalue weighted by molar-refractivity contribution is -0.139. The van der Waals surface area contributed by atoms with Crippen molar-refractivity contribution >= 4 is 46.7 Å². The van der Waals surface area contributed by atoms with Gasteiger partial charge in [0.2, 0.25) is 5.91 Å². The van der Waals surface area contributed by atoms with Gasteiger partial charge in [0.25, 0.3) is 5.91 Å². The second-order valence-electron chi connectivity index (χ2n) is 7.88. The molecule has 3 rings (SSSR count). The van der Waals surface area contributed by atoms with Crippen LogP contribution in [0.1, 0.15) is 48.9 Å². The number of aromatic hydroxyl groups is 1. The topological polar surface area (TPSA) is 125 Å². The summed E-state index contributed by atoms with van der Waals surface area (Å²) in [7, 11) is 0. The highest BCUT2D eigenvalue weighted by Gasteiger charge is 2.19. The van der Waals surface area contributed by atoms with Gasteiger partial charge in [-0.25, -0.2) is 0 Å². The van der Waals surface area contributed by atoms with Crippen LogP contribution in [-0.4, -0.2) is 34.5 Å². The fourth-order valence-electron chi connectivity index (χ4n) is 3.67. The van der Waals surface area contributed by atoms with Crippen molar-refractivity contribution in [2.75, 3.05) is 11.9 Å². The summed E-state index contributed by atoms with van der Waals surface area (Å²) in [6.45, 7) is 0.552. The Morgan fingerprint density at radius 1 is 1.03 bits per heavy atom. The zero-order valence-electron chi connectivity index (χ0n) is 17.7. The number of halogens is 2. The second kappa shape index (κ2) is 11.2. The minimum Gasteiger partial charge on any atom is -0.507 e. The lowest BCUT2D eigenvalue weighted by Crippen LogP contribution is -2.30. The Kier molecular flexibility index (Phi) is 8.41. The molecule has 2 aromatic carbocycles. The molecule has 2 amide bonds. The highest BCUT2D eigenvalue weighted by molar-refractivity contribution is 6.37. The Balaban J connectivity index is 1.70. The summed E-state index contributed by atoms with van der Waals surface area (Å²) >= 11 is 12.5. The molecule has 0 bridgehead atoms. The molecule has 0 heterocycles. The summed E-state index contributed by atoms with van der Waals surface area (Å²) in [5, 5.41) is 24.2. The lowest BCUT2D eigenvalue weighted by Gasteiger charge is -2.21. The van der Waals surface area contributed by atoms with E-state index in [0.717, 1.165) is 12.8 Å². The number of phenolic OH excluding ortho intramolecular Hbond substituents is 1. The molecule has 33 heavy (non-hydrogen) atoms. The van der Waals surface area contributed by atoms with E-state index in [1.165, 1.54) is 49.6 Å². The molecule has 0 unspecified atom stereocenters. The Bertz CT molecular complexity index is 1030. The van der Waals surface area contributed by atoms with Crippen LogP contribution in [0.2, 0.25) is 10.0 Å². The van der Waals surface area contributed by atoms with Gasteiger partial charge in [0, 0.05) is 12.2 Å². The van der Waals surface area contributed by atoms with Gasteiger partial charge in [-0.1, -0.05) is 42.5 Å². The predicted molar refractivity (Wildman–Crippen MR) is 124 cm³/mol. The van der Waals surface area contributed by atoms with Crippen molar-refractivity contribution in [3.8, 4) is 17.2 Å². The second-order valence-corrected chi connectivity index (χ2v) is 8.70. The quantitative estimate of drug-likeness (QED) is 0.373. The summed E-state index contributed by atoms with van der Waals surface area (Å²) < 4.78 is 5.74. The molecule has 0 aromatic heterocycles. The first-order valence-corrected chi connectivity index (χ1v) is 11.3. The fraction of sp³-hybridized carbons (Fsp3) is 0.348.